The lowest BCUT2D eigenvalue weighted by Crippen LogP contribution is -2.32. The Morgan fingerprint density at radius 1 is 1.12 bits per heavy atom. The number of methoxy groups -OCH3 is 2. The maximum atomic E-state index is 13.7. The quantitative estimate of drug-likeness (QED) is 0.763. The summed E-state index contributed by atoms with van der Waals surface area (Å²) in [5.74, 6) is 0.979. The molecule has 0 aliphatic carbocycles. The van der Waals surface area contributed by atoms with Crippen molar-refractivity contribution in [3.05, 3.63) is 53.8 Å². The molecule has 0 radical (unpaired) electrons. The first-order valence-electron chi connectivity index (χ1n) is 7.63. The topological polar surface area (TPSA) is 42.5 Å². The minimum absolute atomic E-state index is 0.0309. The van der Waals surface area contributed by atoms with Gasteiger partial charge in [0, 0.05) is 0 Å². The van der Waals surface area contributed by atoms with Crippen molar-refractivity contribution in [1.29, 1.82) is 0 Å². The SMILES string of the molecule is CC[C@@H](NC(=S)Nc1ccccc1F)c1ccc(OC)c(OC)c1. The maximum absolute atomic E-state index is 13.7. The van der Waals surface area contributed by atoms with E-state index in [2.05, 4.69) is 10.6 Å². The van der Waals surface area contributed by atoms with Crippen LogP contribution in [0.2, 0.25) is 0 Å². The summed E-state index contributed by atoms with van der Waals surface area (Å²) < 4.78 is 24.3. The molecule has 0 fully saturated rings. The molecule has 6 heteroatoms. The number of para-hydroxylation sites is 1. The number of hydrogen-bond acceptors (Lipinski definition) is 3. The van der Waals surface area contributed by atoms with Crippen LogP contribution in [-0.4, -0.2) is 19.3 Å². The molecule has 0 bridgehead atoms. The third-order valence-corrected chi connectivity index (χ3v) is 3.87. The van der Waals surface area contributed by atoms with Crippen LogP contribution < -0.4 is 20.1 Å². The highest BCUT2D eigenvalue weighted by Gasteiger charge is 2.14. The Bertz CT molecular complexity index is 709. The van der Waals surface area contributed by atoms with E-state index in [0.29, 0.717) is 22.3 Å². The van der Waals surface area contributed by atoms with Crippen LogP contribution in [0.5, 0.6) is 11.5 Å². The molecule has 2 rings (SSSR count). The van der Waals surface area contributed by atoms with Gasteiger partial charge in [-0.15, -0.1) is 0 Å². The molecular weight excluding hydrogens is 327 g/mol. The van der Waals surface area contributed by atoms with Crippen molar-refractivity contribution in [3.8, 4) is 11.5 Å². The molecule has 24 heavy (non-hydrogen) atoms. The molecule has 0 aliphatic heterocycles. The second-order valence-electron chi connectivity index (χ2n) is 5.15. The average Bonchev–Trinajstić information content (AvgIpc) is 2.61. The van der Waals surface area contributed by atoms with E-state index in [-0.39, 0.29) is 11.9 Å². The van der Waals surface area contributed by atoms with E-state index in [1.54, 1.807) is 32.4 Å². The van der Waals surface area contributed by atoms with Crippen LogP contribution >= 0.6 is 12.2 Å². The molecule has 0 aliphatic rings. The van der Waals surface area contributed by atoms with Crippen molar-refractivity contribution in [2.75, 3.05) is 19.5 Å². The zero-order valence-electron chi connectivity index (χ0n) is 13.9. The van der Waals surface area contributed by atoms with Gasteiger partial charge in [0.2, 0.25) is 0 Å². The van der Waals surface area contributed by atoms with Crippen molar-refractivity contribution >= 4 is 23.0 Å². The Kier molecular flexibility index (Phi) is 6.37. The zero-order valence-corrected chi connectivity index (χ0v) is 14.7. The van der Waals surface area contributed by atoms with Gasteiger partial charge in [0.05, 0.1) is 25.9 Å². The van der Waals surface area contributed by atoms with Crippen LogP contribution in [0, 0.1) is 5.82 Å². The molecule has 0 aromatic heterocycles. The summed E-state index contributed by atoms with van der Waals surface area (Å²) in [4.78, 5) is 0. The van der Waals surface area contributed by atoms with E-state index in [4.69, 9.17) is 21.7 Å². The fraction of sp³-hybridized carbons (Fsp3) is 0.278. The molecule has 0 saturated carbocycles. The Morgan fingerprint density at radius 2 is 1.83 bits per heavy atom. The molecule has 0 amide bonds. The predicted molar refractivity (Wildman–Crippen MR) is 98.3 cm³/mol. The van der Waals surface area contributed by atoms with E-state index in [0.717, 1.165) is 12.0 Å². The summed E-state index contributed by atoms with van der Waals surface area (Å²) in [7, 11) is 3.20. The number of benzene rings is 2. The van der Waals surface area contributed by atoms with Gasteiger partial charge in [-0.05, 0) is 48.5 Å². The van der Waals surface area contributed by atoms with Gasteiger partial charge in [-0.25, -0.2) is 4.39 Å². The Balaban J connectivity index is 2.11. The number of halogens is 1. The largest absolute Gasteiger partial charge is 0.493 e. The van der Waals surface area contributed by atoms with Crippen LogP contribution in [0.15, 0.2) is 42.5 Å². The Hall–Kier alpha value is -2.34. The first-order chi connectivity index (χ1) is 11.6. The summed E-state index contributed by atoms with van der Waals surface area (Å²) in [5.41, 5.74) is 1.35. The van der Waals surface area contributed by atoms with Crippen molar-refractivity contribution < 1.29 is 13.9 Å². The second-order valence-corrected chi connectivity index (χ2v) is 5.56. The summed E-state index contributed by atoms with van der Waals surface area (Å²) in [6.07, 6.45) is 0.800. The van der Waals surface area contributed by atoms with Crippen LogP contribution in [0.3, 0.4) is 0 Å². The van der Waals surface area contributed by atoms with E-state index in [9.17, 15) is 4.39 Å². The molecule has 0 saturated heterocycles. The van der Waals surface area contributed by atoms with Crippen molar-refractivity contribution in [3.63, 3.8) is 0 Å². The minimum Gasteiger partial charge on any atom is -0.493 e. The Morgan fingerprint density at radius 3 is 2.46 bits per heavy atom. The molecule has 4 nitrogen and oxygen atoms in total. The highest BCUT2D eigenvalue weighted by Crippen LogP contribution is 2.30. The maximum Gasteiger partial charge on any atom is 0.171 e. The molecule has 2 N–H and O–H groups in total. The molecule has 0 spiro atoms. The van der Waals surface area contributed by atoms with E-state index >= 15 is 0 Å². The lowest BCUT2D eigenvalue weighted by atomic mass is 10.0. The highest BCUT2D eigenvalue weighted by atomic mass is 32.1. The monoisotopic (exact) mass is 348 g/mol. The molecule has 128 valence electrons. The van der Waals surface area contributed by atoms with Gasteiger partial charge in [0.25, 0.3) is 0 Å². The average molecular weight is 348 g/mol. The van der Waals surface area contributed by atoms with Crippen LogP contribution in [0.25, 0.3) is 0 Å². The Labute approximate surface area is 147 Å². The summed E-state index contributed by atoms with van der Waals surface area (Å²) >= 11 is 5.30. The van der Waals surface area contributed by atoms with Gasteiger partial charge in [-0.1, -0.05) is 25.1 Å². The molecule has 1 atom stereocenters. The third-order valence-electron chi connectivity index (χ3n) is 3.65. The summed E-state index contributed by atoms with van der Waals surface area (Å²) in [6, 6.07) is 12.1. The molecular formula is C18H21FN2O2S. The lowest BCUT2D eigenvalue weighted by Gasteiger charge is -2.21. The van der Waals surface area contributed by atoms with E-state index in [1.807, 2.05) is 25.1 Å². The predicted octanol–water partition coefficient (Wildman–Crippen LogP) is 4.28. The number of thiocarbonyl (C=S) groups is 1. The molecule has 2 aromatic rings. The van der Waals surface area contributed by atoms with Gasteiger partial charge >= 0.3 is 0 Å². The highest BCUT2D eigenvalue weighted by molar-refractivity contribution is 7.80. The number of hydrogen-bond donors (Lipinski definition) is 2. The van der Waals surface area contributed by atoms with Gasteiger partial charge in [0.1, 0.15) is 5.82 Å². The minimum atomic E-state index is -0.346. The number of anilines is 1. The first kappa shape index (κ1) is 18.0. The number of ether oxygens (including phenoxy) is 2. The molecule has 2 aromatic carbocycles. The molecule has 0 unspecified atom stereocenters. The number of rotatable bonds is 6. The fourth-order valence-electron chi connectivity index (χ4n) is 2.37. The van der Waals surface area contributed by atoms with Gasteiger partial charge < -0.3 is 20.1 Å². The van der Waals surface area contributed by atoms with Crippen molar-refractivity contribution in [2.24, 2.45) is 0 Å². The van der Waals surface area contributed by atoms with Gasteiger partial charge in [-0.3, -0.25) is 0 Å². The smallest absolute Gasteiger partial charge is 0.171 e. The third kappa shape index (κ3) is 4.35. The summed E-state index contributed by atoms with van der Waals surface area (Å²) in [6.45, 7) is 2.04. The van der Waals surface area contributed by atoms with E-state index in [1.165, 1.54) is 6.07 Å². The van der Waals surface area contributed by atoms with Crippen molar-refractivity contribution in [2.45, 2.75) is 19.4 Å². The first-order valence-corrected chi connectivity index (χ1v) is 8.03. The normalized spacial score (nSPS) is 11.5. The summed E-state index contributed by atoms with van der Waals surface area (Å²) in [5, 5.41) is 6.45. The molecule has 0 heterocycles. The van der Waals surface area contributed by atoms with Crippen LogP contribution in [0.1, 0.15) is 24.9 Å². The van der Waals surface area contributed by atoms with Gasteiger partial charge in [0.15, 0.2) is 16.6 Å². The number of nitrogens with one attached hydrogen (secondary N) is 2. The lowest BCUT2D eigenvalue weighted by molar-refractivity contribution is 0.354. The van der Waals surface area contributed by atoms with E-state index < -0.39 is 0 Å². The van der Waals surface area contributed by atoms with Crippen LogP contribution in [-0.2, 0) is 0 Å². The second kappa shape index (κ2) is 8.49. The zero-order chi connectivity index (χ0) is 17.5. The van der Waals surface area contributed by atoms with Crippen molar-refractivity contribution in [1.82, 2.24) is 5.32 Å². The van der Waals surface area contributed by atoms with Crippen LogP contribution in [0.4, 0.5) is 10.1 Å². The standard InChI is InChI=1S/C18H21FN2O2S/c1-4-14(12-9-10-16(22-2)17(11-12)23-3)20-18(24)21-15-8-6-5-7-13(15)19/h5-11,14H,4H2,1-3H3,(H2,20,21,24)/t14-/m1/s1. The van der Waals surface area contributed by atoms with Gasteiger partial charge in [-0.2, -0.15) is 0 Å². The fourth-order valence-corrected chi connectivity index (χ4v) is 2.62.